The molecule has 0 amide bonds. The minimum atomic E-state index is -0.472. The van der Waals surface area contributed by atoms with E-state index in [0.29, 0.717) is 12.4 Å². The summed E-state index contributed by atoms with van der Waals surface area (Å²) in [7, 11) is 0. The van der Waals surface area contributed by atoms with Gasteiger partial charge in [0, 0.05) is 0 Å². The molecule has 0 aliphatic rings. The maximum Gasteiger partial charge on any atom is 0.374 e. The molecule has 0 radical (unpaired) electrons. The summed E-state index contributed by atoms with van der Waals surface area (Å²) in [5, 5.41) is 0. The molecule has 0 bridgehead atoms. The molecular formula is C17H16O3. The van der Waals surface area contributed by atoms with Gasteiger partial charge in [-0.2, -0.15) is 0 Å². The number of carbonyl (C=O) groups excluding carboxylic acids is 1. The van der Waals surface area contributed by atoms with Crippen LogP contribution in [0.1, 0.15) is 12.5 Å². The third-order valence-corrected chi connectivity index (χ3v) is 2.54. The fraction of sp³-hybridized carbons (Fsp3) is 0.118. The Kier molecular flexibility index (Phi) is 4.95. The van der Waals surface area contributed by atoms with Gasteiger partial charge < -0.3 is 9.47 Å². The van der Waals surface area contributed by atoms with Crippen molar-refractivity contribution in [1.29, 1.82) is 0 Å². The van der Waals surface area contributed by atoms with Crippen molar-refractivity contribution in [3.63, 3.8) is 0 Å². The number of carbonyl (C=O) groups is 1. The summed E-state index contributed by atoms with van der Waals surface area (Å²) in [5.41, 5.74) is 0.881. The van der Waals surface area contributed by atoms with Crippen molar-refractivity contribution in [3.05, 3.63) is 72.0 Å². The Balaban J connectivity index is 2.25. The van der Waals surface area contributed by atoms with Crippen LogP contribution in [0, 0.1) is 0 Å². The molecule has 0 fully saturated rings. The Bertz CT molecular complexity index is 574. The monoisotopic (exact) mass is 268 g/mol. The van der Waals surface area contributed by atoms with Crippen LogP contribution in [0.5, 0.6) is 5.75 Å². The van der Waals surface area contributed by atoms with E-state index in [1.54, 1.807) is 25.1 Å². The third-order valence-electron chi connectivity index (χ3n) is 2.54. The molecule has 0 spiro atoms. The topological polar surface area (TPSA) is 35.5 Å². The van der Waals surface area contributed by atoms with Crippen LogP contribution in [0.15, 0.2) is 66.4 Å². The summed E-state index contributed by atoms with van der Waals surface area (Å²) < 4.78 is 10.6. The van der Waals surface area contributed by atoms with Gasteiger partial charge in [0.05, 0.1) is 6.61 Å². The average molecular weight is 268 g/mol. The Hall–Kier alpha value is -2.55. The Labute approximate surface area is 118 Å². The first-order chi connectivity index (χ1) is 9.79. The summed E-state index contributed by atoms with van der Waals surface area (Å²) in [6.45, 7) is 2.07. The summed E-state index contributed by atoms with van der Waals surface area (Å²) in [5.74, 6) is 0.298. The molecule has 102 valence electrons. The van der Waals surface area contributed by atoms with Gasteiger partial charge >= 0.3 is 5.97 Å². The van der Waals surface area contributed by atoms with Crippen LogP contribution < -0.4 is 4.74 Å². The van der Waals surface area contributed by atoms with E-state index < -0.39 is 5.97 Å². The van der Waals surface area contributed by atoms with E-state index in [0.717, 1.165) is 5.56 Å². The predicted octanol–water partition coefficient (Wildman–Crippen LogP) is 3.67. The van der Waals surface area contributed by atoms with Crippen molar-refractivity contribution in [3.8, 4) is 5.75 Å². The molecule has 0 N–H and O–H groups in total. The Morgan fingerprint density at radius 2 is 1.60 bits per heavy atom. The molecule has 20 heavy (non-hydrogen) atoms. The zero-order valence-electron chi connectivity index (χ0n) is 11.3. The lowest BCUT2D eigenvalue weighted by Gasteiger charge is -2.09. The molecule has 0 unspecified atom stereocenters. The van der Waals surface area contributed by atoms with E-state index in [2.05, 4.69) is 0 Å². The van der Waals surface area contributed by atoms with Crippen LogP contribution in [0.2, 0.25) is 0 Å². The highest BCUT2D eigenvalue weighted by Gasteiger charge is 2.13. The van der Waals surface area contributed by atoms with E-state index in [1.165, 1.54) is 0 Å². The van der Waals surface area contributed by atoms with Crippen molar-refractivity contribution in [2.75, 3.05) is 6.61 Å². The lowest BCUT2D eigenvalue weighted by molar-refractivity contribution is -0.140. The molecule has 0 aliphatic carbocycles. The van der Waals surface area contributed by atoms with E-state index in [1.807, 2.05) is 48.5 Å². The minimum Gasteiger partial charge on any atom is -0.460 e. The largest absolute Gasteiger partial charge is 0.460 e. The van der Waals surface area contributed by atoms with Crippen LogP contribution >= 0.6 is 0 Å². The Morgan fingerprint density at radius 1 is 1.00 bits per heavy atom. The first-order valence-electron chi connectivity index (χ1n) is 6.46. The van der Waals surface area contributed by atoms with Gasteiger partial charge in [0.2, 0.25) is 5.76 Å². The number of hydrogen-bond donors (Lipinski definition) is 0. The zero-order valence-corrected chi connectivity index (χ0v) is 11.3. The Morgan fingerprint density at radius 3 is 2.20 bits per heavy atom. The van der Waals surface area contributed by atoms with E-state index in [9.17, 15) is 4.79 Å². The van der Waals surface area contributed by atoms with E-state index in [4.69, 9.17) is 9.47 Å². The molecule has 2 rings (SSSR count). The van der Waals surface area contributed by atoms with Crippen LogP contribution in [-0.4, -0.2) is 12.6 Å². The molecule has 0 atom stereocenters. The summed E-state index contributed by atoms with van der Waals surface area (Å²) in [6.07, 6.45) is 1.67. The predicted molar refractivity (Wildman–Crippen MR) is 78.1 cm³/mol. The number of para-hydroxylation sites is 1. The van der Waals surface area contributed by atoms with E-state index >= 15 is 0 Å². The number of rotatable bonds is 5. The quantitative estimate of drug-likeness (QED) is 0.471. The highest BCUT2D eigenvalue weighted by Crippen LogP contribution is 2.16. The standard InChI is InChI=1S/C17H16O3/c1-2-19-17(18)16(13-14-9-5-3-6-10-14)20-15-11-7-4-8-12-15/h3-13H,2H2,1H3/b16-13-. The minimum absolute atomic E-state index is 0.171. The van der Waals surface area contributed by atoms with E-state index in [-0.39, 0.29) is 5.76 Å². The molecule has 0 saturated heterocycles. The number of hydrogen-bond acceptors (Lipinski definition) is 3. The molecule has 2 aromatic carbocycles. The van der Waals surface area contributed by atoms with Crippen molar-refractivity contribution in [2.24, 2.45) is 0 Å². The number of esters is 1. The molecular weight excluding hydrogens is 252 g/mol. The van der Waals surface area contributed by atoms with Crippen molar-refractivity contribution in [2.45, 2.75) is 6.92 Å². The molecule has 0 aromatic heterocycles. The fourth-order valence-corrected chi connectivity index (χ4v) is 1.65. The lowest BCUT2D eigenvalue weighted by Crippen LogP contribution is -2.12. The van der Waals surface area contributed by atoms with Crippen LogP contribution in [0.4, 0.5) is 0 Å². The van der Waals surface area contributed by atoms with Gasteiger partial charge in [-0.05, 0) is 30.7 Å². The normalized spacial score (nSPS) is 10.9. The SMILES string of the molecule is CCOC(=O)/C(=C/c1ccccc1)Oc1ccccc1. The van der Waals surface area contributed by atoms with Gasteiger partial charge in [0.1, 0.15) is 5.75 Å². The second-order valence-corrected chi connectivity index (χ2v) is 4.05. The zero-order chi connectivity index (χ0) is 14.2. The first-order valence-corrected chi connectivity index (χ1v) is 6.46. The highest BCUT2D eigenvalue weighted by molar-refractivity contribution is 5.92. The average Bonchev–Trinajstić information content (AvgIpc) is 2.49. The van der Waals surface area contributed by atoms with Crippen LogP contribution in [0.3, 0.4) is 0 Å². The van der Waals surface area contributed by atoms with Crippen molar-refractivity contribution in [1.82, 2.24) is 0 Å². The molecule has 0 aliphatic heterocycles. The van der Waals surface area contributed by atoms with Crippen molar-refractivity contribution < 1.29 is 14.3 Å². The maximum atomic E-state index is 11.9. The molecule has 0 saturated carbocycles. The third kappa shape index (κ3) is 3.99. The van der Waals surface area contributed by atoms with Crippen LogP contribution in [0.25, 0.3) is 6.08 Å². The molecule has 0 heterocycles. The van der Waals surface area contributed by atoms with Crippen LogP contribution in [-0.2, 0) is 9.53 Å². The van der Waals surface area contributed by atoms with Gasteiger partial charge in [-0.15, -0.1) is 0 Å². The van der Waals surface area contributed by atoms with Gasteiger partial charge in [-0.1, -0.05) is 48.5 Å². The molecule has 2 aromatic rings. The van der Waals surface area contributed by atoms with Crippen molar-refractivity contribution >= 4 is 12.0 Å². The summed E-state index contributed by atoms with van der Waals surface area (Å²) >= 11 is 0. The van der Waals surface area contributed by atoms with Gasteiger partial charge in [0.25, 0.3) is 0 Å². The number of ether oxygens (including phenoxy) is 2. The maximum absolute atomic E-state index is 11.9. The first kappa shape index (κ1) is 13.9. The van der Waals surface area contributed by atoms with Gasteiger partial charge in [-0.3, -0.25) is 0 Å². The summed E-state index contributed by atoms with van der Waals surface area (Å²) in [4.78, 5) is 11.9. The second-order valence-electron chi connectivity index (χ2n) is 4.05. The molecule has 3 nitrogen and oxygen atoms in total. The van der Waals surface area contributed by atoms with Gasteiger partial charge in [0.15, 0.2) is 0 Å². The smallest absolute Gasteiger partial charge is 0.374 e. The fourth-order valence-electron chi connectivity index (χ4n) is 1.65. The lowest BCUT2D eigenvalue weighted by atomic mass is 10.2. The second kappa shape index (κ2) is 7.14. The van der Waals surface area contributed by atoms with Gasteiger partial charge in [-0.25, -0.2) is 4.79 Å². The molecule has 3 heteroatoms. The highest BCUT2D eigenvalue weighted by atomic mass is 16.6. The number of benzene rings is 2. The summed E-state index contributed by atoms with van der Waals surface area (Å²) in [6, 6.07) is 18.7.